The van der Waals surface area contributed by atoms with Gasteiger partial charge in [0.1, 0.15) is 11.7 Å². The molecule has 1 rings (SSSR count). The first kappa shape index (κ1) is 12.6. The molecule has 0 aliphatic rings. The van der Waals surface area contributed by atoms with Gasteiger partial charge in [-0.3, -0.25) is 4.79 Å². The lowest BCUT2D eigenvalue weighted by atomic mass is 10.2. The van der Waals surface area contributed by atoms with Crippen LogP contribution in [0, 0.1) is 13.8 Å². The van der Waals surface area contributed by atoms with E-state index in [4.69, 9.17) is 5.11 Å². The molecule has 0 aliphatic heterocycles. The molecule has 0 saturated carbocycles. The number of thiazole rings is 1. The van der Waals surface area contributed by atoms with Crippen LogP contribution in [0.3, 0.4) is 0 Å². The highest BCUT2D eigenvalue weighted by molar-refractivity contribution is 7.11. The second-order valence-corrected chi connectivity index (χ2v) is 4.82. The summed E-state index contributed by atoms with van der Waals surface area (Å²) in [4.78, 5) is 27.3. The molecule has 2 N–H and O–H groups in total. The van der Waals surface area contributed by atoms with E-state index in [2.05, 4.69) is 10.3 Å². The number of carbonyl (C=O) groups is 2. The van der Waals surface area contributed by atoms with E-state index < -0.39 is 17.9 Å². The number of carboxylic acids is 1. The van der Waals surface area contributed by atoms with Crippen LogP contribution in [-0.4, -0.2) is 28.0 Å². The highest BCUT2D eigenvalue weighted by Crippen LogP contribution is 2.16. The van der Waals surface area contributed by atoms with Crippen molar-refractivity contribution in [1.82, 2.24) is 10.3 Å². The summed E-state index contributed by atoms with van der Waals surface area (Å²) < 4.78 is 0. The number of amides is 1. The Balaban J connectivity index is 2.79. The zero-order valence-corrected chi connectivity index (χ0v) is 10.2. The Hall–Kier alpha value is -1.43. The number of rotatable bonds is 4. The van der Waals surface area contributed by atoms with Crippen LogP contribution >= 0.6 is 11.3 Å². The van der Waals surface area contributed by atoms with E-state index in [0.717, 1.165) is 9.88 Å². The summed E-state index contributed by atoms with van der Waals surface area (Å²) in [6.07, 6.45) is 0.350. The summed E-state index contributed by atoms with van der Waals surface area (Å²) in [5.41, 5.74) is 0.321. The average molecular weight is 242 g/mol. The smallest absolute Gasteiger partial charge is 0.326 e. The standard InChI is InChI=1S/C10H14N2O3S/c1-4-7(10(14)15)12-9(13)8-5(2)16-6(3)11-8/h7H,4H2,1-3H3,(H,12,13)(H,14,15). The minimum atomic E-state index is -1.03. The third kappa shape index (κ3) is 2.79. The van der Waals surface area contributed by atoms with E-state index in [1.54, 1.807) is 13.8 Å². The number of hydrogen-bond donors (Lipinski definition) is 2. The summed E-state index contributed by atoms with van der Waals surface area (Å²) in [5.74, 6) is -1.45. The van der Waals surface area contributed by atoms with Crippen LogP contribution in [0.2, 0.25) is 0 Å². The van der Waals surface area contributed by atoms with Crippen molar-refractivity contribution in [1.29, 1.82) is 0 Å². The summed E-state index contributed by atoms with van der Waals surface area (Å²) in [7, 11) is 0. The van der Waals surface area contributed by atoms with E-state index in [9.17, 15) is 9.59 Å². The van der Waals surface area contributed by atoms with E-state index in [0.29, 0.717) is 12.1 Å². The molecule has 0 aliphatic carbocycles. The van der Waals surface area contributed by atoms with Crippen molar-refractivity contribution >= 4 is 23.2 Å². The quantitative estimate of drug-likeness (QED) is 0.835. The number of carboxylic acid groups (broad SMARTS) is 1. The number of nitrogens with one attached hydrogen (secondary N) is 1. The van der Waals surface area contributed by atoms with Gasteiger partial charge in [0, 0.05) is 4.88 Å². The topological polar surface area (TPSA) is 79.3 Å². The number of hydrogen-bond acceptors (Lipinski definition) is 4. The van der Waals surface area contributed by atoms with Gasteiger partial charge < -0.3 is 10.4 Å². The summed E-state index contributed by atoms with van der Waals surface area (Å²) in [6, 6.07) is -0.853. The molecule has 0 saturated heterocycles. The van der Waals surface area contributed by atoms with Gasteiger partial charge in [0.25, 0.3) is 5.91 Å². The van der Waals surface area contributed by atoms with E-state index in [-0.39, 0.29) is 0 Å². The van der Waals surface area contributed by atoms with Crippen molar-refractivity contribution in [2.45, 2.75) is 33.2 Å². The van der Waals surface area contributed by atoms with Crippen molar-refractivity contribution in [3.05, 3.63) is 15.6 Å². The van der Waals surface area contributed by atoms with Crippen LogP contribution in [0.1, 0.15) is 33.7 Å². The minimum Gasteiger partial charge on any atom is -0.480 e. The first-order valence-corrected chi connectivity index (χ1v) is 5.75. The fraction of sp³-hybridized carbons (Fsp3) is 0.500. The minimum absolute atomic E-state index is 0.321. The maximum atomic E-state index is 11.7. The van der Waals surface area contributed by atoms with Gasteiger partial charge >= 0.3 is 5.97 Å². The molecule has 5 nitrogen and oxygen atoms in total. The van der Waals surface area contributed by atoms with Gasteiger partial charge in [-0.15, -0.1) is 11.3 Å². The lowest BCUT2D eigenvalue weighted by molar-refractivity contribution is -0.139. The van der Waals surface area contributed by atoms with Crippen molar-refractivity contribution < 1.29 is 14.7 Å². The van der Waals surface area contributed by atoms with Gasteiger partial charge in [-0.2, -0.15) is 0 Å². The highest BCUT2D eigenvalue weighted by Gasteiger charge is 2.21. The highest BCUT2D eigenvalue weighted by atomic mass is 32.1. The van der Waals surface area contributed by atoms with Gasteiger partial charge in [-0.1, -0.05) is 6.92 Å². The molecule has 6 heteroatoms. The van der Waals surface area contributed by atoms with Gasteiger partial charge in [-0.25, -0.2) is 9.78 Å². The van der Waals surface area contributed by atoms with E-state index in [1.165, 1.54) is 11.3 Å². The van der Waals surface area contributed by atoms with Gasteiger partial charge in [0.05, 0.1) is 5.01 Å². The Labute approximate surface area is 97.5 Å². The summed E-state index contributed by atoms with van der Waals surface area (Å²) in [5, 5.41) is 12.1. The molecule has 1 unspecified atom stereocenters. The zero-order chi connectivity index (χ0) is 12.3. The monoisotopic (exact) mass is 242 g/mol. The molecule has 88 valence electrons. The lowest BCUT2D eigenvalue weighted by Gasteiger charge is -2.11. The molecule has 1 aromatic rings. The molecular formula is C10H14N2O3S. The van der Waals surface area contributed by atoms with Crippen molar-refractivity contribution in [3.63, 3.8) is 0 Å². The number of aliphatic carboxylic acids is 1. The van der Waals surface area contributed by atoms with Crippen LogP contribution < -0.4 is 5.32 Å². The molecule has 16 heavy (non-hydrogen) atoms. The van der Waals surface area contributed by atoms with E-state index >= 15 is 0 Å². The first-order valence-electron chi connectivity index (χ1n) is 4.93. The van der Waals surface area contributed by atoms with Crippen LogP contribution in [-0.2, 0) is 4.79 Å². The molecule has 0 radical (unpaired) electrons. The van der Waals surface area contributed by atoms with Gasteiger partial charge in [0.15, 0.2) is 0 Å². The summed E-state index contributed by atoms with van der Waals surface area (Å²) >= 11 is 1.42. The number of carbonyl (C=O) groups excluding carboxylic acids is 1. The molecule has 1 amide bonds. The van der Waals surface area contributed by atoms with Crippen LogP contribution in [0.15, 0.2) is 0 Å². The maximum Gasteiger partial charge on any atom is 0.326 e. The predicted octanol–water partition coefficient (Wildman–Crippen LogP) is 1.35. The molecule has 0 aromatic carbocycles. The van der Waals surface area contributed by atoms with Gasteiger partial charge in [-0.05, 0) is 20.3 Å². The van der Waals surface area contributed by atoms with E-state index in [1.807, 2.05) is 6.92 Å². The molecule has 0 spiro atoms. The third-order valence-electron chi connectivity index (χ3n) is 2.13. The normalized spacial score (nSPS) is 12.2. The first-order chi connectivity index (χ1) is 7.45. The average Bonchev–Trinajstić information content (AvgIpc) is 2.53. The van der Waals surface area contributed by atoms with Crippen molar-refractivity contribution in [3.8, 4) is 0 Å². The Morgan fingerprint density at radius 2 is 2.12 bits per heavy atom. The van der Waals surface area contributed by atoms with Crippen LogP contribution in [0.25, 0.3) is 0 Å². The third-order valence-corrected chi connectivity index (χ3v) is 3.02. The zero-order valence-electron chi connectivity index (χ0n) is 9.40. The molecule has 1 atom stereocenters. The number of nitrogens with zero attached hydrogens (tertiary/aromatic N) is 1. The molecule has 1 aromatic heterocycles. The van der Waals surface area contributed by atoms with Crippen molar-refractivity contribution in [2.24, 2.45) is 0 Å². The largest absolute Gasteiger partial charge is 0.480 e. The van der Waals surface area contributed by atoms with Gasteiger partial charge in [0.2, 0.25) is 0 Å². The SMILES string of the molecule is CCC(NC(=O)c1nc(C)sc1C)C(=O)O. The fourth-order valence-electron chi connectivity index (χ4n) is 1.30. The molecule has 0 fully saturated rings. The maximum absolute atomic E-state index is 11.7. The van der Waals surface area contributed by atoms with Crippen molar-refractivity contribution in [2.75, 3.05) is 0 Å². The Kier molecular flexibility index (Phi) is 4.00. The molecule has 0 bridgehead atoms. The fourth-order valence-corrected chi connectivity index (χ4v) is 2.12. The molecule has 1 heterocycles. The van der Waals surface area contributed by atoms with Crippen LogP contribution in [0.5, 0.6) is 0 Å². The summed E-state index contributed by atoms with van der Waals surface area (Å²) in [6.45, 7) is 5.31. The number of aromatic nitrogens is 1. The Bertz CT molecular complexity index is 414. The second kappa shape index (κ2) is 5.07. The second-order valence-electron chi connectivity index (χ2n) is 3.41. The Morgan fingerprint density at radius 3 is 2.50 bits per heavy atom. The Morgan fingerprint density at radius 1 is 1.50 bits per heavy atom. The molecular weight excluding hydrogens is 228 g/mol. The number of aryl methyl sites for hydroxylation is 2. The van der Waals surface area contributed by atoms with Crippen LogP contribution in [0.4, 0.5) is 0 Å². The lowest BCUT2D eigenvalue weighted by Crippen LogP contribution is -2.40. The predicted molar refractivity (Wildman–Crippen MR) is 60.8 cm³/mol.